The van der Waals surface area contributed by atoms with Gasteiger partial charge in [0.25, 0.3) is 0 Å². The summed E-state index contributed by atoms with van der Waals surface area (Å²) in [6, 6.07) is 10.6. The number of ether oxygens (including phenoxy) is 1. The third-order valence-corrected chi connectivity index (χ3v) is 5.41. The minimum Gasteiger partial charge on any atom is -0.375 e. The molecule has 156 valence electrons. The molecule has 1 saturated heterocycles. The first kappa shape index (κ1) is 21.5. The van der Waals surface area contributed by atoms with Gasteiger partial charge in [0.1, 0.15) is 5.82 Å². The van der Waals surface area contributed by atoms with Gasteiger partial charge in [0.15, 0.2) is 5.78 Å². The Morgan fingerprint density at radius 2 is 1.66 bits per heavy atom. The number of ketones is 1. The van der Waals surface area contributed by atoms with Gasteiger partial charge in [-0.3, -0.25) is 4.79 Å². The number of alkyl halides is 3. The Bertz CT molecular complexity index is 810. The molecule has 3 nitrogen and oxygen atoms in total. The highest BCUT2D eigenvalue weighted by Crippen LogP contribution is 2.31. The van der Waals surface area contributed by atoms with Crippen molar-refractivity contribution in [2.45, 2.75) is 25.1 Å². The second-order valence-corrected chi connectivity index (χ2v) is 7.29. The third-order valence-electron chi connectivity index (χ3n) is 5.41. The van der Waals surface area contributed by atoms with Gasteiger partial charge in [-0.05, 0) is 67.9 Å². The summed E-state index contributed by atoms with van der Waals surface area (Å²) in [5.41, 5.74) is 0.519. The molecule has 1 aliphatic rings. The molecule has 0 saturated carbocycles. The molecule has 0 aliphatic carbocycles. The zero-order valence-corrected chi connectivity index (χ0v) is 16.1. The van der Waals surface area contributed by atoms with E-state index in [1.54, 1.807) is 0 Å². The molecule has 1 fully saturated rings. The SMILES string of the molecule is COC(CN1CCC(C(=O)c2ccc(F)cc2)CC1)c1ccc(C(F)(F)F)cc1. The largest absolute Gasteiger partial charge is 0.416 e. The van der Waals surface area contributed by atoms with Crippen molar-refractivity contribution in [3.8, 4) is 0 Å². The second kappa shape index (κ2) is 9.05. The number of benzene rings is 2. The number of hydrogen-bond donors (Lipinski definition) is 0. The Hall–Kier alpha value is -2.25. The minimum atomic E-state index is -4.36. The van der Waals surface area contributed by atoms with Crippen LogP contribution in [0.25, 0.3) is 0 Å². The van der Waals surface area contributed by atoms with Gasteiger partial charge < -0.3 is 9.64 Å². The number of halogens is 4. The first-order chi connectivity index (χ1) is 13.8. The van der Waals surface area contributed by atoms with Crippen LogP contribution in [0.1, 0.15) is 40.4 Å². The Balaban J connectivity index is 1.56. The van der Waals surface area contributed by atoms with E-state index < -0.39 is 11.7 Å². The number of likely N-dealkylation sites (tertiary alicyclic amines) is 1. The maximum atomic E-state index is 13.0. The van der Waals surface area contributed by atoms with Crippen LogP contribution in [0.15, 0.2) is 48.5 Å². The van der Waals surface area contributed by atoms with E-state index in [-0.39, 0.29) is 23.6 Å². The minimum absolute atomic E-state index is 0.0238. The summed E-state index contributed by atoms with van der Waals surface area (Å²) in [7, 11) is 1.53. The fourth-order valence-corrected chi connectivity index (χ4v) is 3.66. The topological polar surface area (TPSA) is 29.5 Å². The number of nitrogens with zero attached hydrogens (tertiary/aromatic N) is 1. The van der Waals surface area contributed by atoms with Crippen LogP contribution in [-0.4, -0.2) is 37.4 Å². The highest BCUT2D eigenvalue weighted by molar-refractivity contribution is 5.97. The van der Waals surface area contributed by atoms with E-state index in [0.717, 1.165) is 12.1 Å². The van der Waals surface area contributed by atoms with Crippen LogP contribution < -0.4 is 0 Å². The molecule has 3 rings (SSSR count). The van der Waals surface area contributed by atoms with Gasteiger partial charge in [0, 0.05) is 25.1 Å². The summed E-state index contributed by atoms with van der Waals surface area (Å²) in [6.45, 7) is 1.93. The highest BCUT2D eigenvalue weighted by atomic mass is 19.4. The Morgan fingerprint density at radius 1 is 1.07 bits per heavy atom. The Kier molecular flexibility index (Phi) is 6.70. The van der Waals surface area contributed by atoms with E-state index >= 15 is 0 Å². The molecule has 2 aromatic carbocycles. The van der Waals surface area contributed by atoms with Crippen LogP contribution in [0, 0.1) is 11.7 Å². The van der Waals surface area contributed by atoms with Crippen molar-refractivity contribution in [3.05, 3.63) is 71.0 Å². The average Bonchev–Trinajstić information content (AvgIpc) is 2.72. The average molecular weight is 409 g/mol. The van der Waals surface area contributed by atoms with E-state index in [4.69, 9.17) is 4.74 Å². The molecule has 0 radical (unpaired) electrons. The van der Waals surface area contributed by atoms with Crippen LogP contribution >= 0.6 is 0 Å². The van der Waals surface area contributed by atoms with Crippen molar-refractivity contribution in [2.75, 3.05) is 26.7 Å². The number of carbonyl (C=O) groups is 1. The molecule has 0 N–H and O–H groups in total. The van der Waals surface area contributed by atoms with Crippen molar-refractivity contribution in [1.29, 1.82) is 0 Å². The lowest BCUT2D eigenvalue weighted by Crippen LogP contribution is -2.39. The summed E-state index contributed by atoms with van der Waals surface area (Å²) in [5.74, 6) is -0.454. The van der Waals surface area contributed by atoms with Crippen molar-refractivity contribution < 1.29 is 27.1 Å². The lowest BCUT2D eigenvalue weighted by molar-refractivity contribution is -0.137. The van der Waals surface area contributed by atoms with Crippen LogP contribution in [0.2, 0.25) is 0 Å². The summed E-state index contributed by atoms with van der Waals surface area (Å²) >= 11 is 0. The molecule has 0 amide bonds. The van der Waals surface area contributed by atoms with E-state index in [9.17, 15) is 22.4 Å². The quantitative estimate of drug-likeness (QED) is 0.490. The molecule has 1 heterocycles. The summed E-state index contributed by atoms with van der Waals surface area (Å²) in [4.78, 5) is 14.7. The van der Waals surface area contributed by atoms with Gasteiger partial charge in [0.2, 0.25) is 0 Å². The zero-order chi connectivity index (χ0) is 21.0. The normalized spacial score (nSPS) is 17.3. The van der Waals surface area contributed by atoms with E-state index in [0.29, 0.717) is 43.6 Å². The van der Waals surface area contributed by atoms with Crippen molar-refractivity contribution in [3.63, 3.8) is 0 Å². The highest BCUT2D eigenvalue weighted by Gasteiger charge is 2.31. The van der Waals surface area contributed by atoms with Crippen LogP contribution in [0.5, 0.6) is 0 Å². The molecular formula is C22H23F4NO2. The molecule has 1 aliphatic heterocycles. The molecule has 7 heteroatoms. The van der Waals surface area contributed by atoms with Crippen LogP contribution in [0.4, 0.5) is 17.6 Å². The Labute approximate surface area is 167 Å². The van der Waals surface area contributed by atoms with Crippen molar-refractivity contribution in [2.24, 2.45) is 5.92 Å². The molecule has 1 atom stereocenters. The lowest BCUT2D eigenvalue weighted by Gasteiger charge is -2.33. The van der Waals surface area contributed by atoms with Crippen molar-refractivity contribution >= 4 is 5.78 Å². The first-order valence-corrected chi connectivity index (χ1v) is 9.50. The predicted octanol–water partition coefficient (Wildman–Crippen LogP) is 5.13. The van der Waals surface area contributed by atoms with E-state index in [1.165, 1.54) is 43.5 Å². The van der Waals surface area contributed by atoms with Gasteiger partial charge in [-0.2, -0.15) is 13.2 Å². The zero-order valence-electron chi connectivity index (χ0n) is 16.1. The summed E-state index contributed by atoms with van der Waals surface area (Å²) in [5, 5.41) is 0. The standard InChI is InChI=1S/C22H23F4NO2/c1-29-20(15-2-6-18(7-3-15)22(24,25)26)14-27-12-10-17(11-13-27)21(28)16-4-8-19(23)9-5-16/h2-9,17,20H,10-14H2,1H3. The van der Waals surface area contributed by atoms with E-state index in [1.807, 2.05) is 0 Å². The number of Topliss-reactive ketones (excluding diaryl/α,β-unsaturated/α-hetero) is 1. The summed E-state index contributed by atoms with van der Waals surface area (Å²) in [6.07, 6.45) is -3.35. The van der Waals surface area contributed by atoms with Crippen molar-refractivity contribution in [1.82, 2.24) is 4.90 Å². The predicted molar refractivity (Wildman–Crippen MR) is 101 cm³/mol. The fourth-order valence-electron chi connectivity index (χ4n) is 3.66. The number of hydrogen-bond acceptors (Lipinski definition) is 3. The van der Waals surface area contributed by atoms with Gasteiger partial charge in [-0.25, -0.2) is 4.39 Å². The number of piperidine rings is 1. The van der Waals surface area contributed by atoms with Gasteiger partial charge >= 0.3 is 6.18 Å². The molecule has 29 heavy (non-hydrogen) atoms. The number of methoxy groups -OCH3 is 1. The fraction of sp³-hybridized carbons (Fsp3) is 0.409. The molecule has 0 bridgehead atoms. The lowest BCUT2D eigenvalue weighted by atomic mass is 9.88. The monoisotopic (exact) mass is 409 g/mol. The molecule has 1 unspecified atom stereocenters. The molecule has 0 aromatic heterocycles. The maximum absolute atomic E-state index is 13.0. The van der Waals surface area contributed by atoms with E-state index in [2.05, 4.69) is 4.90 Å². The molecule has 2 aromatic rings. The van der Waals surface area contributed by atoms with Gasteiger partial charge in [-0.1, -0.05) is 12.1 Å². The second-order valence-electron chi connectivity index (χ2n) is 7.29. The maximum Gasteiger partial charge on any atom is 0.416 e. The third kappa shape index (κ3) is 5.42. The molecular weight excluding hydrogens is 386 g/mol. The van der Waals surface area contributed by atoms with Gasteiger partial charge in [0.05, 0.1) is 11.7 Å². The first-order valence-electron chi connectivity index (χ1n) is 9.50. The molecule has 0 spiro atoms. The summed E-state index contributed by atoms with van der Waals surface area (Å²) < 4.78 is 56.7. The van der Waals surface area contributed by atoms with Gasteiger partial charge in [-0.15, -0.1) is 0 Å². The number of carbonyl (C=O) groups excluding carboxylic acids is 1. The Morgan fingerprint density at radius 3 is 2.17 bits per heavy atom. The number of rotatable bonds is 6. The van der Waals surface area contributed by atoms with Crippen LogP contribution in [0.3, 0.4) is 0 Å². The van der Waals surface area contributed by atoms with Crippen LogP contribution in [-0.2, 0) is 10.9 Å². The smallest absolute Gasteiger partial charge is 0.375 e.